The van der Waals surface area contributed by atoms with E-state index in [0.717, 1.165) is 0 Å². The third kappa shape index (κ3) is 2.23. The van der Waals surface area contributed by atoms with E-state index in [0.29, 0.717) is 13.1 Å². The molecule has 1 amide bonds. The molecule has 0 spiro atoms. The molecule has 2 N–H and O–H groups in total. The van der Waals surface area contributed by atoms with Gasteiger partial charge in [0.2, 0.25) is 5.91 Å². The summed E-state index contributed by atoms with van der Waals surface area (Å²) in [5.74, 6) is -1.19. The minimum Gasteiger partial charge on any atom is -0.481 e. The van der Waals surface area contributed by atoms with E-state index in [4.69, 9.17) is 10.2 Å². The Balaban J connectivity index is 2.45. The van der Waals surface area contributed by atoms with Crippen LogP contribution in [0.1, 0.15) is 20.3 Å². The van der Waals surface area contributed by atoms with E-state index in [2.05, 4.69) is 0 Å². The third-order valence-electron chi connectivity index (χ3n) is 2.39. The van der Waals surface area contributed by atoms with Crippen molar-refractivity contribution in [2.75, 3.05) is 13.1 Å². The molecule has 0 aromatic heterocycles. The standard InChI is InChI=1S/C9H15NO4/c1-9(2,8(13)14)3-7(12)10-4-6(11)5-10/h6,11H,3-5H2,1-2H3,(H,13,14). The molecule has 5 nitrogen and oxygen atoms in total. The summed E-state index contributed by atoms with van der Waals surface area (Å²) >= 11 is 0. The molecule has 0 aromatic carbocycles. The van der Waals surface area contributed by atoms with Crippen molar-refractivity contribution >= 4 is 11.9 Å². The summed E-state index contributed by atoms with van der Waals surface area (Å²) in [6.45, 7) is 3.69. The van der Waals surface area contributed by atoms with Crippen molar-refractivity contribution in [2.24, 2.45) is 5.41 Å². The quantitative estimate of drug-likeness (QED) is 0.656. The summed E-state index contributed by atoms with van der Waals surface area (Å²) < 4.78 is 0. The van der Waals surface area contributed by atoms with Gasteiger partial charge in [0.1, 0.15) is 0 Å². The SMILES string of the molecule is CC(C)(CC(=O)N1CC(O)C1)C(=O)O. The lowest BCUT2D eigenvalue weighted by Crippen LogP contribution is -2.54. The van der Waals surface area contributed by atoms with Crippen molar-refractivity contribution in [2.45, 2.75) is 26.4 Å². The highest BCUT2D eigenvalue weighted by atomic mass is 16.4. The van der Waals surface area contributed by atoms with Gasteiger partial charge in [0.05, 0.1) is 11.5 Å². The Labute approximate surface area is 82.3 Å². The van der Waals surface area contributed by atoms with Gasteiger partial charge in [-0.05, 0) is 13.8 Å². The zero-order valence-electron chi connectivity index (χ0n) is 8.36. The molecule has 0 saturated carbocycles. The van der Waals surface area contributed by atoms with Gasteiger partial charge in [-0.3, -0.25) is 9.59 Å². The number of hydrogen-bond donors (Lipinski definition) is 2. The van der Waals surface area contributed by atoms with Gasteiger partial charge in [-0.25, -0.2) is 0 Å². The van der Waals surface area contributed by atoms with E-state index < -0.39 is 17.5 Å². The number of nitrogens with zero attached hydrogens (tertiary/aromatic N) is 1. The Morgan fingerprint density at radius 3 is 2.29 bits per heavy atom. The molecule has 5 heteroatoms. The number of carboxylic acids is 1. The molecule has 1 saturated heterocycles. The maximum Gasteiger partial charge on any atom is 0.309 e. The molecular weight excluding hydrogens is 186 g/mol. The zero-order valence-corrected chi connectivity index (χ0v) is 8.36. The zero-order chi connectivity index (χ0) is 10.9. The first-order valence-electron chi connectivity index (χ1n) is 4.52. The number of aliphatic hydroxyl groups is 1. The first kappa shape index (κ1) is 11.0. The van der Waals surface area contributed by atoms with Crippen LogP contribution in [0.25, 0.3) is 0 Å². The van der Waals surface area contributed by atoms with Crippen LogP contribution in [0.15, 0.2) is 0 Å². The highest BCUT2D eigenvalue weighted by Gasteiger charge is 2.35. The average molecular weight is 201 g/mol. The second-order valence-corrected chi connectivity index (χ2v) is 4.32. The molecular formula is C9H15NO4. The van der Waals surface area contributed by atoms with Gasteiger partial charge in [0.15, 0.2) is 0 Å². The second kappa shape index (κ2) is 3.57. The number of likely N-dealkylation sites (tertiary alicyclic amines) is 1. The topological polar surface area (TPSA) is 77.8 Å². The number of β-amino-alcohol motifs (C(OH)–C–C–N with tert-alkyl or cyclic N) is 1. The van der Waals surface area contributed by atoms with Gasteiger partial charge >= 0.3 is 5.97 Å². The van der Waals surface area contributed by atoms with E-state index in [1.807, 2.05) is 0 Å². The number of carbonyl (C=O) groups is 2. The molecule has 1 heterocycles. The maximum absolute atomic E-state index is 11.4. The van der Waals surface area contributed by atoms with Crippen LogP contribution in [-0.4, -0.2) is 46.2 Å². The first-order valence-corrected chi connectivity index (χ1v) is 4.52. The highest BCUT2D eigenvalue weighted by molar-refractivity contribution is 5.84. The van der Waals surface area contributed by atoms with Gasteiger partial charge in [-0.1, -0.05) is 0 Å². The molecule has 0 bridgehead atoms. The van der Waals surface area contributed by atoms with Gasteiger partial charge in [0, 0.05) is 19.5 Å². The highest BCUT2D eigenvalue weighted by Crippen LogP contribution is 2.23. The molecule has 1 aliphatic rings. The Hall–Kier alpha value is -1.10. The van der Waals surface area contributed by atoms with E-state index >= 15 is 0 Å². The fourth-order valence-corrected chi connectivity index (χ4v) is 1.22. The lowest BCUT2D eigenvalue weighted by Gasteiger charge is -2.37. The van der Waals surface area contributed by atoms with Crippen molar-refractivity contribution in [3.05, 3.63) is 0 Å². The van der Waals surface area contributed by atoms with Crippen LogP contribution >= 0.6 is 0 Å². The molecule has 14 heavy (non-hydrogen) atoms. The van der Waals surface area contributed by atoms with Crippen LogP contribution in [0.3, 0.4) is 0 Å². The number of aliphatic hydroxyl groups excluding tert-OH is 1. The summed E-state index contributed by atoms with van der Waals surface area (Å²) in [6, 6.07) is 0. The lowest BCUT2D eigenvalue weighted by atomic mass is 9.88. The van der Waals surface area contributed by atoms with Gasteiger partial charge < -0.3 is 15.1 Å². The van der Waals surface area contributed by atoms with Crippen molar-refractivity contribution in [1.82, 2.24) is 4.90 Å². The van der Waals surface area contributed by atoms with Gasteiger partial charge in [-0.2, -0.15) is 0 Å². The molecule has 1 fully saturated rings. The van der Waals surface area contributed by atoms with Gasteiger partial charge in [0.25, 0.3) is 0 Å². The summed E-state index contributed by atoms with van der Waals surface area (Å²) in [6.07, 6.45) is -0.457. The number of amides is 1. The Kier molecular flexibility index (Phi) is 2.80. The summed E-state index contributed by atoms with van der Waals surface area (Å²) in [7, 11) is 0. The van der Waals surface area contributed by atoms with E-state index in [-0.39, 0.29) is 12.3 Å². The minimum atomic E-state index is -1.03. The van der Waals surface area contributed by atoms with E-state index in [1.54, 1.807) is 0 Å². The minimum absolute atomic E-state index is 0.0188. The van der Waals surface area contributed by atoms with Crippen LogP contribution < -0.4 is 0 Å². The largest absolute Gasteiger partial charge is 0.481 e. The molecule has 1 rings (SSSR count). The molecule has 1 aliphatic heterocycles. The monoisotopic (exact) mass is 201 g/mol. The lowest BCUT2D eigenvalue weighted by molar-refractivity contribution is -0.154. The van der Waals surface area contributed by atoms with Crippen LogP contribution in [-0.2, 0) is 9.59 Å². The molecule has 0 atom stereocenters. The first-order chi connectivity index (χ1) is 6.33. The summed E-state index contributed by atoms with van der Waals surface area (Å²) in [5.41, 5.74) is -1.03. The molecule has 0 radical (unpaired) electrons. The number of aliphatic carboxylic acids is 1. The average Bonchev–Trinajstić information content (AvgIpc) is 1.97. The van der Waals surface area contributed by atoms with Crippen LogP contribution in [0.2, 0.25) is 0 Å². The van der Waals surface area contributed by atoms with E-state index in [1.165, 1.54) is 18.7 Å². The van der Waals surface area contributed by atoms with E-state index in [9.17, 15) is 9.59 Å². The van der Waals surface area contributed by atoms with Crippen molar-refractivity contribution < 1.29 is 19.8 Å². The van der Waals surface area contributed by atoms with Crippen molar-refractivity contribution in [3.8, 4) is 0 Å². The van der Waals surface area contributed by atoms with Crippen molar-refractivity contribution in [3.63, 3.8) is 0 Å². The van der Waals surface area contributed by atoms with Crippen LogP contribution in [0, 0.1) is 5.41 Å². The Morgan fingerprint density at radius 1 is 1.43 bits per heavy atom. The molecule has 0 unspecified atom stereocenters. The number of carbonyl (C=O) groups excluding carboxylic acids is 1. The Morgan fingerprint density at radius 2 is 1.93 bits per heavy atom. The summed E-state index contributed by atoms with van der Waals surface area (Å²) in [5, 5.41) is 17.8. The third-order valence-corrected chi connectivity index (χ3v) is 2.39. The maximum atomic E-state index is 11.4. The molecule has 0 aliphatic carbocycles. The fourth-order valence-electron chi connectivity index (χ4n) is 1.22. The number of hydrogen-bond acceptors (Lipinski definition) is 3. The fraction of sp³-hybridized carbons (Fsp3) is 0.778. The predicted molar refractivity (Wildman–Crippen MR) is 48.6 cm³/mol. The smallest absolute Gasteiger partial charge is 0.309 e. The molecule has 0 aromatic rings. The number of carboxylic acid groups (broad SMARTS) is 1. The molecule has 80 valence electrons. The Bertz CT molecular complexity index is 256. The predicted octanol–water partition coefficient (Wildman–Crippen LogP) is -0.310. The second-order valence-electron chi connectivity index (χ2n) is 4.32. The van der Waals surface area contributed by atoms with Crippen LogP contribution in [0.4, 0.5) is 0 Å². The van der Waals surface area contributed by atoms with Gasteiger partial charge in [-0.15, -0.1) is 0 Å². The normalized spacial score (nSPS) is 17.8. The summed E-state index contributed by atoms with van der Waals surface area (Å²) in [4.78, 5) is 23.6. The van der Waals surface area contributed by atoms with Crippen LogP contribution in [0.5, 0.6) is 0 Å². The number of rotatable bonds is 3. The van der Waals surface area contributed by atoms with Crippen molar-refractivity contribution in [1.29, 1.82) is 0 Å².